The quantitative estimate of drug-likeness (QED) is 0.736. The van der Waals surface area contributed by atoms with Crippen LogP contribution in [0.25, 0.3) is 0 Å². The van der Waals surface area contributed by atoms with Gasteiger partial charge in [0.2, 0.25) is 0 Å². The summed E-state index contributed by atoms with van der Waals surface area (Å²) in [5.41, 5.74) is 1.75. The number of rotatable bonds is 1. The molecule has 0 aromatic carbocycles. The Hall–Kier alpha value is -1.45. The fourth-order valence-corrected chi connectivity index (χ4v) is 2.24. The molecular formula is C11H16N2O2. The van der Waals surface area contributed by atoms with Crippen LogP contribution in [0.15, 0.2) is 10.9 Å². The van der Waals surface area contributed by atoms with Gasteiger partial charge in [0, 0.05) is 25.7 Å². The van der Waals surface area contributed by atoms with Crippen LogP contribution in [0.4, 0.5) is 0 Å². The van der Waals surface area contributed by atoms with Crippen LogP contribution in [0.1, 0.15) is 24.1 Å². The van der Waals surface area contributed by atoms with Crippen LogP contribution in [-0.2, 0) is 12.8 Å². The van der Waals surface area contributed by atoms with Crippen molar-refractivity contribution in [1.82, 2.24) is 4.68 Å². The molecular weight excluding hydrogens is 192 g/mol. The highest BCUT2D eigenvalue weighted by molar-refractivity contribution is 5.37. The van der Waals surface area contributed by atoms with Crippen LogP contribution in [-0.4, -0.2) is 23.9 Å². The van der Waals surface area contributed by atoms with Crippen LogP contribution in [0.2, 0.25) is 0 Å². The summed E-state index contributed by atoms with van der Waals surface area (Å²) in [6.07, 6.45) is 3.92. The summed E-state index contributed by atoms with van der Waals surface area (Å²) in [4.78, 5) is 11.7. The van der Waals surface area contributed by atoms with Crippen LogP contribution in [0.5, 0.6) is 5.75 Å². The first-order chi connectivity index (χ1) is 7.11. The van der Waals surface area contributed by atoms with Crippen molar-refractivity contribution in [1.29, 1.82) is 0 Å². The van der Waals surface area contributed by atoms with E-state index in [-0.39, 0.29) is 11.3 Å². The lowest BCUT2D eigenvalue weighted by Crippen LogP contribution is -2.39. The molecule has 0 saturated heterocycles. The molecule has 0 unspecified atom stereocenters. The third kappa shape index (κ3) is 1.60. The molecule has 1 aliphatic carbocycles. The van der Waals surface area contributed by atoms with Crippen LogP contribution < -0.4 is 10.6 Å². The van der Waals surface area contributed by atoms with Crippen molar-refractivity contribution >= 4 is 0 Å². The van der Waals surface area contributed by atoms with E-state index >= 15 is 0 Å². The summed E-state index contributed by atoms with van der Waals surface area (Å²) in [5, 5.41) is 11.5. The van der Waals surface area contributed by atoms with Crippen LogP contribution in [0, 0.1) is 0 Å². The number of fused-ring (bicyclic) bond motifs is 1. The SMILES string of the molecule is CN(C)n1c2c(c(O)cc1=O)CCCC2. The van der Waals surface area contributed by atoms with Gasteiger partial charge in [-0.3, -0.25) is 4.79 Å². The molecule has 1 aromatic rings. The van der Waals surface area contributed by atoms with Crippen molar-refractivity contribution in [3.8, 4) is 5.75 Å². The van der Waals surface area contributed by atoms with Gasteiger partial charge < -0.3 is 10.1 Å². The van der Waals surface area contributed by atoms with Gasteiger partial charge in [0.25, 0.3) is 5.56 Å². The molecule has 0 radical (unpaired) electrons. The van der Waals surface area contributed by atoms with Gasteiger partial charge in [0.15, 0.2) is 0 Å². The van der Waals surface area contributed by atoms with Gasteiger partial charge in [-0.05, 0) is 25.7 Å². The number of hydrogen-bond donors (Lipinski definition) is 1. The number of pyridine rings is 1. The van der Waals surface area contributed by atoms with E-state index in [9.17, 15) is 9.90 Å². The minimum absolute atomic E-state index is 0.154. The molecule has 0 saturated carbocycles. The molecule has 4 heteroatoms. The van der Waals surface area contributed by atoms with Gasteiger partial charge in [-0.2, -0.15) is 0 Å². The zero-order valence-corrected chi connectivity index (χ0v) is 9.16. The monoisotopic (exact) mass is 208 g/mol. The third-order valence-corrected chi connectivity index (χ3v) is 2.87. The van der Waals surface area contributed by atoms with Gasteiger partial charge >= 0.3 is 0 Å². The van der Waals surface area contributed by atoms with Crippen molar-refractivity contribution in [2.24, 2.45) is 0 Å². The minimum Gasteiger partial charge on any atom is -0.507 e. The predicted molar refractivity (Wildman–Crippen MR) is 59.1 cm³/mol. The fourth-order valence-electron chi connectivity index (χ4n) is 2.24. The molecule has 4 nitrogen and oxygen atoms in total. The van der Waals surface area contributed by atoms with Crippen LogP contribution >= 0.6 is 0 Å². The Morgan fingerprint density at radius 3 is 2.67 bits per heavy atom. The molecule has 1 aromatic heterocycles. The fraction of sp³-hybridized carbons (Fsp3) is 0.545. The van der Waals surface area contributed by atoms with Crippen molar-refractivity contribution in [3.05, 3.63) is 27.7 Å². The zero-order valence-electron chi connectivity index (χ0n) is 9.16. The lowest BCUT2D eigenvalue weighted by Gasteiger charge is -2.26. The van der Waals surface area contributed by atoms with Gasteiger partial charge in [-0.15, -0.1) is 0 Å². The van der Waals surface area contributed by atoms with Gasteiger partial charge in [0.05, 0.1) is 5.69 Å². The number of aromatic hydroxyl groups is 1. The van der Waals surface area contributed by atoms with Crippen molar-refractivity contribution in [2.45, 2.75) is 25.7 Å². The lowest BCUT2D eigenvalue weighted by atomic mass is 9.95. The maximum atomic E-state index is 11.7. The Morgan fingerprint density at radius 1 is 1.33 bits per heavy atom. The number of hydrogen-bond acceptors (Lipinski definition) is 3. The molecule has 15 heavy (non-hydrogen) atoms. The Balaban J connectivity index is 2.69. The van der Waals surface area contributed by atoms with Gasteiger partial charge in [0.1, 0.15) is 5.75 Å². The normalized spacial score (nSPS) is 14.8. The number of nitrogens with zero attached hydrogens (tertiary/aromatic N) is 2. The van der Waals surface area contributed by atoms with E-state index in [1.807, 2.05) is 14.1 Å². The summed E-state index contributed by atoms with van der Waals surface area (Å²) in [5.74, 6) is 0.160. The smallest absolute Gasteiger partial charge is 0.272 e. The Kier molecular flexibility index (Phi) is 2.42. The van der Waals surface area contributed by atoms with E-state index < -0.39 is 0 Å². The van der Waals surface area contributed by atoms with Crippen molar-refractivity contribution in [2.75, 3.05) is 19.1 Å². The molecule has 1 heterocycles. The maximum Gasteiger partial charge on any atom is 0.272 e. The first kappa shape index (κ1) is 10.1. The predicted octanol–water partition coefficient (Wildman–Crippen LogP) is 0.630. The molecule has 0 amide bonds. The molecule has 2 rings (SSSR count). The Bertz CT molecular complexity index is 435. The largest absolute Gasteiger partial charge is 0.507 e. The first-order valence-electron chi connectivity index (χ1n) is 5.25. The molecule has 0 fully saturated rings. The first-order valence-corrected chi connectivity index (χ1v) is 5.25. The van der Waals surface area contributed by atoms with E-state index in [1.54, 1.807) is 9.69 Å². The molecule has 1 aliphatic rings. The van der Waals surface area contributed by atoms with Gasteiger partial charge in [-0.1, -0.05) is 0 Å². The van der Waals surface area contributed by atoms with E-state index in [2.05, 4.69) is 0 Å². The highest BCUT2D eigenvalue weighted by atomic mass is 16.3. The van der Waals surface area contributed by atoms with Crippen LogP contribution in [0.3, 0.4) is 0 Å². The second-order valence-corrected chi connectivity index (χ2v) is 4.16. The summed E-state index contributed by atoms with van der Waals surface area (Å²) >= 11 is 0. The zero-order chi connectivity index (χ0) is 11.0. The highest BCUT2D eigenvalue weighted by Crippen LogP contribution is 2.26. The van der Waals surface area contributed by atoms with E-state index in [0.717, 1.165) is 36.9 Å². The molecule has 1 N–H and O–H groups in total. The maximum absolute atomic E-state index is 11.7. The van der Waals surface area contributed by atoms with Crippen molar-refractivity contribution in [3.63, 3.8) is 0 Å². The molecule has 0 atom stereocenters. The average Bonchev–Trinajstić information content (AvgIpc) is 2.17. The van der Waals surface area contributed by atoms with E-state index in [4.69, 9.17) is 0 Å². The second-order valence-electron chi connectivity index (χ2n) is 4.16. The Labute approximate surface area is 88.7 Å². The van der Waals surface area contributed by atoms with E-state index in [1.165, 1.54) is 6.07 Å². The highest BCUT2D eigenvalue weighted by Gasteiger charge is 2.19. The van der Waals surface area contributed by atoms with Gasteiger partial charge in [-0.25, -0.2) is 4.68 Å². The third-order valence-electron chi connectivity index (χ3n) is 2.87. The lowest BCUT2D eigenvalue weighted by molar-refractivity contribution is 0.450. The Morgan fingerprint density at radius 2 is 2.00 bits per heavy atom. The molecule has 0 aliphatic heterocycles. The van der Waals surface area contributed by atoms with Crippen molar-refractivity contribution < 1.29 is 5.11 Å². The summed E-state index contributed by atoms with van der Waals surface area (Å²) in [7, 11) is 3.68. The number of aromatic nitrogens is 1. The molecule has 0 bridgehead atoms. The summed E-state index contributed by atoms with van der Waals surface area (Å²) in [6, 6.07) is 1.31. The second kappa shape index (κ2) is 3.61. The summed E-state index contributed by atoms with van der Waals surface area (Å²) in [6.45, 7) is 0. The average molecular weight is 208 g/mol. The molecule has 82 valence electrons. The summed E-state index contributed by atoms with van der Waals surface area (Å²) < 4.78 is 1.65. The van der Waals surface area contributed by atoms with E-state index in [0.29, 0.717) is 0 Å². The molecule has 0 spiro atoms. The topological polar surface area (TPSA) is 45.5 Å². The standard InChI is InChI=1S/C11H16N2O2/c1-12(2)13-9-6-4-3-5-8(9)10(14)7-11(13)15/h7,14H,3-6H2,1-2H3. The minimum atomic E-state index is -0.154.